The van der Waals surface area contributed by atoms with E-state index in [1.807, 2.05) is 56.3 Å². The van der Waals surface area contributed by atoms with Crippen LogP contribution in [0.3, 0.4) is 0 Å². The lowest BCUT2D eigenvalue weighted by Gasteiger charge is -2.46. The number of hydrogen-bond donors (Lipinski definition) is 0. The minimum Gasteiger partial charge on any atom is -0.333 e. The molecule has 0 radical (unpaired) electrons. The minimum absolute atomic E-state index is 0.0841. The Balaban J connectivity index is 1.30. The van der Waals surface area contributed by atoms with Crippen molar-refractivity contribution in [3.8, 4) is 5.69 Å². The van der Waals surface area contributed by atoms with Crippen molar-refractivity contribution < 1.29 is 9.59 Å². The average molecular weight is 431 g/mol. The Hall–Kier alpha value is -3.55. The van der Waals surface area contributed by atoms with Gasteiger partial charge in [0.15, 0.2) is 0 Å². The summed E-state index contributed by atoms with van der Waals surface area (Å²) in [7, 11) is 0. The van der Waals surface area contributed by atoms with E-state index in [-0.39, 0.29) is 17.6 Å². The lowest BCUT2D eigenvalue weighted by atomic mass is 9.98. The van der Waals surface area contributed by atoms with Crippen LogP contribution in [-0.4, -0.2) is 66.5 Å². The van der Waals surface area contributed by atoms with Gasteiger partial charge < -0.3 is 9.80 Å². The second kappa shape index (κ2) is 7.85. The molecule has 0 spiro atoms. The van der Waals surface area contributed by atoms with Crippen molar-refractivity contribution in [3.63, 3.8) is 0 Å². The van der Waals surface area contributed by atoms with Gasteiger partial charge in [0, 0.05) is 31.2 Å². The second-order valence-corrected chi connectivity index (χ2v) is 9.07. The third kappa shape index (κ3) is 3.88. The van der Waals surface area contributed by atoms with E-state index in [1.54, 1.807) is 26.9 Å². The Kier molecular flexibility index (Phi) is 5.00. The van der Waals surface area contributed by atoms with Crippen molar-refractivity contribution >= 4 is 11.8 Å². The van der Waals surface area contributed by atoms with Crippen LogP contribution < -0.4 is 0 Å². The number of nitrogens with zero attached hydrogens (tertiary/aromatic N) is 6. The number of carbonyl (C=O) groups excluding carboxylic acids is 2. The normalized spacial score (nSPS) is 17.9. The predicted octanol–water partition coefficient (Wildman–Crippen LogP) is 2.92. The number of aromatic nitrogens is 4. The molecule has 8 heteroatoms. The lowest BCUT2D eigenvalue weighted by Crippen LogP contribution is -2.62. The molecule has 32 heavy (non-hydrogen) atoms. The van der Waals surface area contributed by atoms with Crippen molar-refractivity contribution in [2.75, 3.05) is 19.6 Å². The Morgan fingerprint density at radius 1 is 0.969 bits per heavy atom. The van der Waals surface area contributed by atoms with Gasteiger partial charge in [-0.1, -0.05) is 24.3 Å². The van der Waals surface area contributed by atoms with Gasteiger partial charge in [0.1, 0.15) is 12.0 Å². The SMILES string of the molecule is CC1(C)CN(C(=O)c2cccc(C3CC3)n2)CCN1C(=O)c1ncn(-c2ccccc2)n1. The fourth-order valence-corrected chi connectivity index (χ4v) is 4.23. The number of para-hydroxylation sites is 1. The molecule has 5 rings (SSSR count). The summed E-state index contributed by atoms with van der Waals surface area (Å²) >= 11 is 0. The molecule has 2 amide bonds. The molecular weight excluding hydrogens is 404 g/mol. The van der Waals surface area contributed by atoms with Crippen LogP contribution in [0.1, 0.15) is 59.4 Å². The van der Waals surface area contributed by atoms with Crippen LogP contribution in [-0.2, 0) is 0 Å². The fourth-order valence-electron chi connectivity index (χ4n) is 4.23. The van der Waals surface area contributed by atoms with E-state index in [0.717, 1.165) is 24.2 Å². The minimum atomic E-state index is -0.558. The van der Waals surface area contributed by atoms with Gasteiger partial charge in [-0.25, -0.2) is 14.6 Å². The number of pyridine rings is 1. The largest absolute Gasteiger partial charge is 0.333 e. The smallest absolute Gasteiger partial charge is 0.294 e. The first kappa shape index (κ1) is 20.4. The highest BCUT2D eigenvalue weighted by atomic mass is 16.2. The van der Waals surface area contributed by atoms with E-state index in [2.05, 4.69) is 15.1 Å². The van der Waals surface area contributed by atoms with E-state index < -0.39 is 5.54 Å². The molecule has 2 aliphatic rings. The quantitative estimate of drug-likeness (QED) is 0.635. The highest BCUT2D eigenvalue weighted by Crippen LogP contribution is 2.39. The van der Waals surface area contributed by atoms with E-state index in [0.29, 0.717) is 31.2 Å². The molecule has 8 nitrogen and oxygen atoms in total. The van der Waals surface area contributed by atoms with E-state index in [9.17, 15) is 9.59 Å². The summed E-state index contributed by atoms with van der Waals surface area (Å²) in [5.41, 5.74) is 1.77. The van der Waals surface area contributed by atoms with Crippen molar-refractivity contribution in [1.82, 2.24) is 29.5 Å². The first-order valence-corrected chi connectivity index (χ1v) is 11.0. The molecule has 0 unspecified atom stereocenters. The van der Waals surface area contributed by atoms with Crippen LogP contribution in [0, 0.1) is 0 Å². The molecule has 3 heterocycles. The molecule has 2 aromatic heterocycles. The van der Waals surface area contributed by atoms with Crippen molar-refractivity contribution in [1.29, 1.82) is 0 Å². The van der Waals surface area contributed by atoms with Crippen molar-refractivity contribution in [2.45, 2.75) is 38.1 Å². The molecule has 2 fully saturated rings. The topological polar surface area (TPSA) is 84.2 Å². The van der Waals surface area contributed by atoms with Gasteiger partial charge >= 0.3 is 0 Å². The lowest BCUT2D eigenvalue weighted by molar-refractivity contribution is 0.0158. The van der Waals surface area contributed by atoms with E-state index in [4.69, 9.17) is 0 Å². The van der Waals surface area contributed by atoms with Gasteiger partial charge in [-0.15, -0.1) is 5.10 Å². The Bertz CT molecular complexity index is 1150. The number of piperazine rings is 1. The molecule has 164 valence electrons. The molecule has 1 saturated heterocycles. The van der Waals surface area contributed by atoms with Gasteiger partial charge in [0.05, 0.1) is 11.2 Å². The summed E-state index contributed by atoms with van der Waals surface area (Å²) in [4.78, 5) is 38.7. The standard InChI is InChI=1S/C24H26N6O2/c1-24(2)15-28(22(31)20-10-6-9-19(26-20)17-11-12-17)13-14-29(24)23(32)21-25-16-30(27-21)18-7-4-3-5-8-18/h3-10,16-17H,11-15H2,1-2H3. The van der Waals surface area contributed by atoms with Crippen LogP contribution in [0.25, 0.3) is 5.69 Å². The molecule has 3 aromatic rings. The number of amides is 2. The molecule has 0 atom stereocenters. The van der Waals surface area contributed by atoms with Crippen molar-refractivity contribution in [2.24, 2.45) is 0 Å². The summed E-state index contributed by atoms with van der Waals surface area (Å²) in [6.45, 7) is 5.22. The summed E-state index contributed by atoms with van der Waals surface area (Å²) < 4.78 is 1.60. The van der Waals surface area contributed by atoms with Crippen LogP contribution in [0.4, 0.5) is 0 Å². The van der Waals surface area contributed by atoms with Crippen molar-refractivity contribution in [3.05, 3.63) is 72.1 Å². The zero-order valence-corrected chi connectivity index (χ0v) is 18.3. The van der Waals surface area contributed by atoms with Gasteiger partial charge in [-0.2, -0.15) is 0 Å². The first-order chi connectivity index (χ1) is 15.4. The number of rotatable bonds is 4. The van der Waals surface area contributed by atoms with Crippen LogP contribution >= 0.6 is 0 Å². The third-order valence-electron chi connectivity index (χ3n) is 6.12. The first-order valence-electron chi connectivity index (χ1n) is 11.0. The monoisotopic (exact) mass is 430 g/mol. The molecule has 0 N–H and O–H groups in total. The van der Waals surface area contributed by atoms with Gasteiger partial charge in [-0.05, 0) is 51.0 Å². The fraction of sp³-hybridized carbons (Fsp3) is 0.375. The number of benzene rings is 1. The molecule has 1 aliphatic heterocycles. The summed E-state index contributed by atoms with van der Waals surface area (Å²) in [6, 6.07) is 15.2. The number of carbonyl (C=O) groups is 2. The molecule has 0 bridgehead atoms. The molecule has 1 saturated carbocycles. The third-order valence-corrected chi connectivity index (χ3v) is 6.12. The van der Waals surface area contributed by atoms with Crippen LogP contribution in [0.2, 0.25) is 0 Å². The Morgan fingerprint density at radius 2 is 1.75 bits per heavy atom. The molecular formula is C24H26N6O2. The molecule has 1 aromatic carbocycles. The maximum atomic E-state index is 13.2. The van der Waals surface area contributed by atoms with E-state index >= 15 is 0 Å². The highest BCUT2D eigenvalue weighted by molar-refractivity contribution is 5.94. The van der Waals surface area contributed by atoms with Gasteiger partial charge in [-0.3, -0.25) is 9.59 Å². The Morgan fingerprint density at radius 3 is 2.47 bits per heavy atom. The second-order valence-electron chi connectivity index (χ2n) is 9.07. The summed E-state index contributed by atoms with van der Waals surface area (Å²) in [5.74, 6) is 0.335. The van der Waals surface area contributed by atoms with Gasteiger partial charge in [0.2, 0.25) is 5.82 Å². The zero-order chi connectivity index (χ0) is 22.3. The zero-order valence-electron chi connectivity index (χ0n) is 18.3. The summed E-state index contributed by atoms with van der Waals surface area (Å²) in [6.07, 6.45) is 3.84. The molecule has 1 aliphatic carbocycles. The van der Waals surface area contributed by atoms with Gasteiger partial charge in [0.25, 0.3) is 11.8 Å². The maximum Gasteiger partial charge on any atom is 0.294 e. The Labute approximate surface area is 186 Å². The van der Waals surface area contributed by atoms with E-state index in [1.165, 1.54) is 0 Å². The average Bonchev–Trinajstić information content (AvgIpc) is 3.54. The van der Waals surface area contributed by atoms with Crippen LogP contribution in [0.5, 0.6) is 0 Å². The number of hydrogen-bond acceptors (Lipinski definition) is 5. The van der Waals surface area contributed by atoms with Crippen LogP contribution in [0.15, 0.2) is 54.9 Å². The highest BCUT2D eigenvalue weighted by Gasteiger charge is 2.40. The maximum absolute atomic E-state index is 13.2. The predicted molar refractivity (Wildman–Crippen MR) is 119 cm³/mol. The summed E-state index contributed by atoms with van der Waals surface area (Å²) in [5, 5.41) is 4.38.